The predicted molar refractivity (Wildman–Crippen MR) is 72.3 cm³/mol. The minimum atomic E-state index is 0.120. The van der Waals surface area contributed by atoms with Crippen LogP contribution in [0.4, 0.5) is 0 Å². The van der Waals surface area contributed by atoms with Gasteiger partial charge >= 0.3 is 0 Å². The Bertz CT molecular complexity index is 310. The molecule has 1 amide bonds. The molecule has 2 aliphatic rings. The van der Waals surface area contributed by atoms with Gasteiger partial charge in [-0.05, 0) is 37.5 Å². The van der Waals surface area contributed by atoms with Gasteiger partial charge in [0.25, 0.3) is 0 Å². The molecule has 2 saturated heterocycles. The molecular weight excluding hydrogens is 226 g/mol. The highest BCUT2D eigenvalue weighted by Crippen LogP contribution is 2.39. The Morgan fingerprint density at radius 1 is 1.33 bits per heavy atom. The Morgan fingerprint density at radius 2 is 1.94 bits per heavy atom. The van der Waals surface area contributed by atoms with Crippen LogP contribution in [0.3, 0.4) is 0 Å². The molecule has 18 heavy (non-hydrogen) atoms. The highest BCUT2D eigenvalue weighted by molar-refractivity contribution is 5.80. The van der Waals surface area contributed by atoms with Gasteiger partial charge in [0.2, 0.25) is 5.91 Å². The number of likely N-dealkylation sites (tertiary alicyclic amines) is 1. The van der Waals surface area contributed by atoms with Gasteiger partial charge in [0.15, 0.2) is 0 Å². The molecule has 0 N–H and O–H groups in total. The number of rotatable bonds is 2. The fourth-order valence-corrected chi connectivity index (χ4v) is 3.42. The van der Waals surface area contributed by atoms with Crippen LogP contribution < -0.4 is 0 Å². The molecule has 2 heterocycles. The van der Waals surface area contributed by atoms with E-state index >= 15 is 0 Å². The smallest absolute Gasteiger partial charge is 0.226 e. The van der Waals surface area contributed by atoms with Gasteiger partial charge < -0.3 is 9.64 Å². The number of ether oxygens (including phenoxy) is 1. The van der Waals surface area contributed by atoms with E-state index in [0.717, 1.165) is 39.0 Å². The van der Waals surface area contributed by atoms with Crippen LogP contribution in [0, 0.1) is 17.3 Å². The van der Waals surface area contributed by atoms with Crippen LogP contribution in [-0.4, -0.2) is 36.6 Å². The first kappa shape index (κ1) is 13.9. The minimum Gasteiger partial charge on any atom is -0.381 e. The molecule has 3 atom stereocenters. The van der Waals surface area contributed by atoms with Gasteiger partial charge in [-0.3, -0.25) is 4.79 Å². The Kier molecular flexibility index (Phi) is 4.00. The van der Waals surface area contributed by atoms with Crippen molar-refractivity contribution in [2.75, 3.05) is 19.8 Å². The van der Waals surface area contributed by atoms with Crippen LogP contribution in [-0.2, 0) is 9.53 Å². The summed E-state index contributed by atoms with van der Waals surface area (Å²) in [7, 11) is 0. The summed E-state index contributed by atoms with van der Waals surface area (Å²) in [6.45, 7) is 11.3. The summed E-state index contributed by atoms with van der Waals surface area (Å²) < 4.78 is 5.43. The van der Waals surface area contributed by atoms with Crippen molar-refractivity contribution in [1.82, 2.24) is 4.90 Å². The largest absolute Gasteiger partial charge is 0.381 e. The maximum absolute atomic E-state index is 12.7. The average molecular weight is 253 g/mol. The lowest BCUT2D eigenvalue weighted by molar-refractivity contribution is -0.142. The van der Waals surface area contributed by atoms with Crippen LogP contribution in [0.25, 0.3) is 0 Å². The lowest BCUT2D eigenvalue weighted by Crippen LogP contribution is -2.45. The van der Waals surface area contributed by atoms with Crippen molar-refractivity contribution >= 4 is 5.91 Å². The van der Waals surface area contributed by atoms with Crippen molar-refractivity contribution in [3.8, 4) is 0 Å². The number of hydrogen-bond donors (Lipinski definition) is 0. The van der Waals surface area contributed by atoms with Gasteiger partial charge in [0, 0.05) is 31.7 Å². The standard InChI is InChI=1S/C15H27NO2/c1-11-9-12(2)16(10-11)14(17)13(3)15(4)5-7-18-8-6-15/h11-13H,5-10H2,1-4H3/t11?,12-,13?/m1/s1. The quantitative estimate of drug-likeness (QED) is 0.757. The molecule has 3 heteroatoms. The Hall–Kier alpha value is -0.570. The predicted octanol–water partition coefficient (Wildman–Crippen LogP) is 2.70. The molecule has 0 aromatic rings. The van der Waals surface area contributed by atoms with Crippen molar-refractivity contribution in [3.05, 3.63) is 0 Å². The maximum atomic E-state index is 12.7. The van der Waals surface area contributed by atoms with E-state index in [1.165, 1.54) is 0 Å². The fourth-order valence-electron chi connectivity index (χ4n) is 3.42. The van der Waals surface area contributed by atoms with E-state index in [1.54, 1.807) is 0 Å². The van der Waals surface area contributed by atoms with E-state index in [4.69, 9.17) is 4.74 Å². The van der Waals surface area contributed by atoms with E-state index in [9.17, 15) is 4.79 Å². The second-order valence-corrected chi connectivity index (χ2v) is 6.67. The number of amides is 1. The molecule has 0 aromatic carbocycles. The topological polar surface area (TPSA) is 29.5 Å². The van der Waals surface area contributed by atoms with Crippen LogP contribution in [0.5, 0.6) is 0 Å². The first-order chi connectivity index (χ1) is 8.44. The summed E-state index contributed by atoms with van der Waals surface area (Å²) in [6, 6.07) is 0.415. The summed E-state index contributed by atoms with van der Waals surface area (Å²) >= 11 is 0. The lowest BCUT2D eigenvalue weighted by Gasteiger charge is -2.40. The van der Waals surface area contributed by atoms with Gasteiger partial charge in [-0.1, -0.05) is 20.8 Å². The van der Waals surface area contributed by atoms with Crippen LogP contribution in [0.15, 0.2) is 0 Å². The molecule has 3 nitrogen and oxygen atoms in total. The maximum Gasteiger partial charge on any atom is 0.226 e. The van der Waals surface area contributed by atoms with E-state index < -0.39 is 0 Å². The highest BCUT2D eigenvalue weighted by Gasteiger charge is 2.41. The molecule has 2 unspecified atom stereocenters. The number of hydrogen-bond acceptors (Lipinski definition) is 2. The van der Waals surface area contributed by atoms with E-state index in [2.05, 4.69) is 32.6 Å². The summed E-state index contributed by atoms with van der Waals surface area (Å²) in [5.74, 6) is 1.13. The lowest BCUT2D eigenvalue weighted by atomic mass is 9.71. The average Bonchev–Trinajstić information content (AvgIpc) is 2.67. The molecule has 0 aliphatic carbocycles. The molecule has 104 valence electrons. The fraction of sp³-hybridized carbons (Fsp3) is 0.933. The zero-order valence-corrected chi connectivity index (χ0v) is 12.2. The van der Waals surface area contributed by atoms with Crippen molar-refractivity contribution in [1.29, 1.82) is 0 Å². The normalized spacial score (nSPS) is 33.4. The monoisotopic (exact) mass is 253 g/mol. The van der Waals surface area contributed by atoms with Gasteiger partial charge in [0.05, 0.1) is 0 Å². The van der Waals surface area contributed by atoms with E-state index in [1.807, 2.05) is 0 Å². The third-order valence-electron chi connectivity index (χ3n) is 5.12. The molecule has 0 bridgehead atoms. The minimum absolute atomic E-state index is 0.120. The molecule has 0 radical (unpaired) electrons. The molecule has 2 rings (SSSR count). The van der Waals surface area contributed by atoms with Crippen molar-refractivity contribution < 1.29 is 9.53 Å². The van der Waals surface area contributed by atoms with Crippen LogP contribution in [0.1, 0.15) is 47.0 Å². The first-order valence-electron chi connectivity index (χ1n) is 7.32. The SMILES string of the molecule is CC1C[C@@H](C)N(C(=O)C(C)C2(C)CCOCC2)C1. The third-order valence-corrected chi connectivity index (χ3v) is 5.12. The van der Waals surface area contributed by atoms with Crippen molar-refractivity contribution in [2.45, 2.75) is 53.0 Å². The number of carbonyl (C=O) groups is 1. The zero-order chi connectivity index (χ0) is 13.3. The second kappa shape index (κ2) is 5.20. The van der Waals surface area contributed by atoms with E-state index in [-0.39, 0.29) is 11.3 Å². The highest BCUT2D eigenvalue weighted by atomic mass is 16.5. The van der Waals surface area contributed by atoms with Gasteiger partial charge in [0.1, 0.15) is 0 Å². The second-order valence-electron chi connectivity index (χ2n) is 6.67. The Balaban J connectivity index is 2.04. The number of nitrogens with zero attached hydrogens (tertiary/aromatic N) is 1. The third kappa shape index (κ3) is 2.56. The van der Waals surface area contributed by atoms with Gasteiger partial charge in [-0.2, -0.15) is 0 Å². The van der Waals surface area contributed by atoms with Gasteiger partial charge in [-0.25, -0.2) is 0 Å². The first-order valence-corrected chi connectivity index (χ1v) is 7.32. The molecule has 2 aliphatic heterocycles. The van der Waals surface area contributed by atoms with E-state index in [0.29, 0.717) is 17.9 Å². The summed E-state index contributed by atoms with van der Waals surface area (Å²) in [5, 5.41) is 0. The summed E-state index contributed by atoms with van der Waals surface area (Å²) in [5.41, 5.74) is 0.126. The molecule has 2 fully saturated rings. The summed E-state index contributed by atoms with van der Waals surface area (Å²) in [4.78, 5) is 14.8. The van der Waals surface area contributed by atoms with Crippen molar-refractivity contribution in [3.63, 3.8) is 0 Å². The Labute approximate surface area is 111 Å². The molecule has 0 saturated carbocycles. The number of carbonyl (C=O) groups excluding carboxylic acids is 1. The Morgan fingerprint density at radius 3 is 2.44 bits per heavy atom. The van der Waals surface area contributed by atoms with Crippen LogP contribution in [0.2, 0.25) is 0 Å². The molecule has 0 aromatic heterocycles. The summed E-state index contributed by atoms with van der Waals surface area (Å²) in [6.07, 6.45) is 3.17. The van der Waals surface area contributed by atoms with Crippen molar-refractivity contribution in [2.24, 2.45) is 17.3 Å². The van der Waals surface area contributed by atoms with Gasteiger partial charge in [-0.15, -0.1) is 0 Å². The zero-order valence-electron chi connectivity index (χ0n) is 12.2. The molecular formula is C15H27NO2. The molecule has 0 spiro atoms. The van der Waals surface area contributed by atoms with Crippen LogP contribution >= 0.6 is 0 Å².